The summed E-state index contributed by atoms with van der Waals surface area (Å²) in [5.41, 5.74) is 3.75. The largest absolute Gasteiger partial charge is 0.480 e. The van der Waals surface area contributed by atoms with E-state index in [1.807, 2.05) is 0 Å². The Labute approximate surface area is 101 Å². The van der Waals surface area contributed by atoms with Gasteiger partial charge in [-0.1, -0.05) is 6.42 Å². The molecular weight excluding hydrogens is 216 g/mol. The van der Waals surface area contributed by atoms with E-state index in [0.717, 1.165) is 17.5 Å². The number of nitrogens with zero attached hydrogens (tertiary/aromatic N) is 2. The number of nitrogens with one attached hydrogen (secondary N) is 1. The lowest BCUT2D eigenvalue weighted by Gasteiger charge is -2.18. The second kappa shape index (κ2) is 4.23. The number of fused-ring (bicyclic) bond motifs is 1. The SMILES string of the molecule is COc1nccnc1C(NN)C1C2CCCC21. The maximum absolute atomic E-state index is 5.70. The van der Waals surface area contributed by atoms with Gasteiger partial charge in [0.2, 0.25) is 5.88 Å². The Morgan fingerprint density at radius 2 is 2.06 bits per heavy atom. The van der Waals surface area contributed by atoms with Crippen LogP contribution >= 0.6 is 0 Å². The third kappa shape index (κ3) is 1.70. The molecule has 0 amide bonds. The van der Waals surface area contributed by atoms with Crippen molar-refractivity contribution in [1.82, 2.24) is 15.4 Å². The standard InChI is InChI=1S/C12H18N4O/c1-17-12-11(14-5-6-15-12)10(16-13)9-7-3-2-4-8(7)9/h5-10,16H,2-4,13H2,1H3. The molecule has 3 unspecified atom stereocenters. The molecule has 2 aliphatic carbocycles. The van der Waals surface area contributed by atoms with Crippen molar-refractivity contribution in [2.75, 3.05) is 7.11 Å². The number of ether oxygens (including phenoxy) is 1. The van der Waals surface area contributed by atoms with Crippen molar-refractivity contribution in [3.05, 3.63) is 18.1 Å². The van der Waals surface area contributed by atoms with E-state index in [1.54, 1.807) is 19.5 Å². The van der Waals surface area contributed by atoms with E-state index in [9.17, 15) is 0 Å². The van der Waals surface area contributed by atoms with E-state index in [2.05, 4.69) is 15.4 Å². The van der Waals surface area contributed by atoms with Gasteiger partial charge in [0.25, 0.3) is 0 Å². The number of hydrogen-bond donors (Lipinski definition) is 2. The summed E-state index contributed by atoms with van der Waals surface area (Å²) >= 11 is 0. The van der Waals surface area contributed by atoms with Gasteiger partial charge in [0.15, 0.2) is 0 Å². The van der Waals surface area contributed by atoms with Crippen LogP contribution in [0.2, 0.25) is 0 Å². The first-order chi connectivity index (χ1) is 8.36. The van der Waals surface area contributed by atoms with E-state index in [1.165, 1.54) is 19.3 Å². The topological polar surface area (TPSA) is 73.1 Å². The van der Waals surface area contributed by atoms with Gasteiger partial charge < -0.3 is 4.74 Å². The van der Waals surface area contributed by atoms with Crippen LogP contribution in [0.5, 0.6) is 5.88 Å². The summed E-state index contributed by atoms with van der Waals surface area (Å²) in [6.07, 6.45) is 7.36. The normalized spacial score (nSPS) is 32.0. The van der Waals surface area contributed by atoms with E-state index in [0.29, 0.717) is 11.8 Å². The molecule has 2 fully saturated rings. The highest BCUT2D eigenvalue weighted by Crippen LogP contribution is 2.62. The van der Waals surface area contributed by atoms with Gasteiger partial charge in [0.1, 0.15) is 5.69 Å². The van der Waals surface area contributed by atoms with Crippen molar-refractivity contribution >= 4 is 0 Å². The summed E-state index contributed by atoms with van der Waals surface area (Å²) in [6.45, 7) is 0. The lowest BCUT2D eigenvalue weighted by Crippen LogP contribution is -2.31. The summed E-state index contributed by atoms with van der Waals surface area (Å²) in [7, 11) is 1.62. The molecule has 5 nitrogen and oxygen atoms in total. The predicted octanol–water partition coefficient (Wildman–Crippen LogP) is 1.04. The fraction of sp³-hybridized carbons (Fsp3) is 0.667. The van der Waals surface area contributed by atoms with Crippen LogP contribution in [0.3, 0.4) is 0 Å². The van der Waals surface area contributed by atoms with Gasteiger partial charge in [-0.2, -0.15) is 0 Å². The number of methoxy groups -OCH3 is 1. The molecule has 5 heteroatoms. The molecule has 0 spiro atoms. The van der Waals surface area contributed by atoms with Crippen LogP contribution in [0.4, 0.5) is 0 Å². The second-order valence-electron chi connectivity index (χ2n) is 4.93. The molecule has 2 saturated carbocycles. The summed E-state index contributed by atoms with van der Waals surface area (Å²) in [5, 5.41) is 0. The minimum absolute atomic E-state index is 0.0777. The summed E-state index contributed by atoms with van der Waals surface area (Å²) in [6, 6.07) is 0.0777. The average Bonchev–Trinajstić information content (AvgIpc) is 2.85. The van der Waals surface area contributed by atoms with Crippen molar-refractivity contribution in [2.45, 2.75) is 25.3 Å². The van der Waals surface area contributed by atoms with Crippen molar-refractivity contribution in [3.8, 4) is 5.88 Å². The molecule has 0 saturated heterocycles. The molecule has 3 atom stereocenters. The quantitative estimate of drug-likeness (QED) is 0.601. The van der Waals surface area contributed by atoms with Crippen molar-refractivity contribution in [3.63, 3.8) is 0 Å². The van der Waals surface area contributed by atoms with Gasteiger partial charge in [0, 0.05) is 12.4 Å². The van der Waals surface area contributed by atoms with Crippen LogP contribution in [0, 0.1) is 17.8 Å². The van der Waals surface area contributed by atoms with Crippen molar-refractivity contribution in [1.29, 1.82) is 0 Å². The molecule has 2 aliphatic rings. The Bertz CT molecular complexity index is 401. The van der Waals surface area contributed by atoms with Crippen LogP contribution in [-0.4, -0.2) is 17.1 Å². The van der Waals surface area contributed by atoms with Crippen LogP contribution in [0.1, 0.15) is 31.0 Å². The highest BCUT2D eigenvalue weighted by molar-refractivity contribution is 5.25. The lowest BCUT2D eigenvalue weighted by atomic mass is 10.0. The highest BCUT2D eigenvalue weighted by Gasteiger charge is 2.56. The van der Waals surface area contributed by atoms with E-state index in [-0.39, 0.29) is 6.04 Å². The lowest BCUT2D eigenvalue weighted by molar-refractivity contribution is 0.357. The minimum Gasteiger partial charge on any atom is -0.480 e. The number of nitrogens with two attached hydrogens (primary N) is 1. The first kappa shape index (κ1) is 10.9. The smallest absolute Gasteiger partial charge is 0.237 e. The molecule has 3 N–H and O–H groups in total. The summed E-state index contributed by atoms with van der Waals surface area (Å²) < 4.78 is 5.26. The van der Waals surface area contributed by atoms with Crippen LogP contribution in [0.15, 0.2) is 12.4 Å². The Hall–Kier alpha value is -1.20. The van der Waals surface area contributed by atoms with E-state index < -0.39 is 0 Å². The first-order valence-electron chi connectivity index (χ1n) is 6.18. The third-order valence-electron chi connectivity index (χ3n) is 4.22. The first-order valence-corrected chi connectivity index (χ1v) is 6.18. The molecule has 0 bridgehead atoms. The monoisotopic (exact) mass is 234 g/mol. The van der Waals surface area contributed by atoms with E-state index in [4.69, 9.17) is 10.6 Å². The number of rotatable bonds is 4. The maximum Gasteiger partial charge on any atom is 0.237 e. The number of hydrogen-bond acceptors (Lipinski definition) is 5. The Morgan fingerprint density at radius 1 is 1.35 bits per heavy atom. The zero-order chi connectivity index (χ0) is 11.8. The van der Waals surface area contributed by atoms with Crippen LogP contribution in [-0.2, 0) is 0 Å². The van der Waals surface area contributed by atoms with Crippen LogP contribution < -0.4 is 16.0 Å². The Balaban J connectivity index is 1.85. The van der Waals surface area contributed by atoms with Gasteiger partial charge >= 0.3 is 0 Å². The number of hydrazine groups is 1. The fourth-order valence-electron chi connectivity index (χ4n) is 3.45. The van der Waals surface area contributed by atoms with Gasteiger partial charge in [-0.25, -0.2) is 4.98 Å². The van der Waals surface area contributed by atoms with Crippen molar-refractivity contribution < 1.29 is 4.74 Å². The van der Waals surface area contributed by atoms with Crippen LogP contribution in [0.25, 0.3) is 0 Å². The number of aromatic nitrogens is 2. The predicted molar refractivity (Wildman–Crippen MR) is 63.0 cm³/mol. The Kier molecular flexibility index (Phi) is 2.72. The minimum atomic E-state index is 0.0777. The molecule has 17 heavy (non-hydrogen) atoms. The molecular formula is C12H18N4O. The van der Waals surface area contributed by atoms with E-state index >= 15 is 0 Å². The zero-order valence-electron chi connectivity index (χ0n) is 9.97. The molecule has 92 valence electrons. The second-order valence-corrected chi connectivity index (χ2v) is 4.93. The van der Waals surface area contributed by atoms with Gasteiger partial charge in [-0.15, -0.1) is 0 Å². The van der Waals surface area contributed by atoms with Gasteiger partial charge in [0.05, 0.1) is 13.2 Å². The molecule has 0 aromatic carbocycles. The van der Waals surface area contributed by atoms with Gasteiger partial charge in [-0.3, -0.25) is 16.3 Å². The molecule has 1 heterocycles. The molecule has 3 rings (SSSR count). The van der Waals surface area contributed by atoms with Crippen molar-refractivity contribution in [2.24, 2.45) is 23.6 Å². The highest BCUT2D eigenvalue weighted by atomic mass is 16.5. The third-order valence-corrected chi connectivity index (χ3v) is 4.22. The molecule has 1 aromatic heterocycles. The maximum atomic E-state index is 5.70. The zero-order valence-corrected chi connectivity index (χ0v) is 9.97. The summed E-state index contributed by atoms with van der Waals surface area (Å²) in [4.78, 5) is 8.57. The van der Waals surface area contributed by atoms with Gasteiger partial charge in [-0.05, 0) is 30.6 Å². The fourth-order valence-corrected chi connectivity index (χ4v) is 3.45. The molecule has 1 aromatic rings. The molecule has 0 radical (unpaired) electrons. The Morgan fingerprint density at radius 3 is 2.71 bits per heavy atom. The average molecular weight is 234 g/mol. The molecule has 0 aliphatic heterocycles. The summed E-state index contributed by atoms with van der Waals surface area (Å²) in [5.74, 6) is 8.54.